The van der Waals surface area contributed by atoms with Gasteiger partial charge in [-0.1, -0.05) is 6.07 Å². The van der Waals surface area contributed by atoms with Crippen LogP contribution in [-0.4, -0.2) is 10.1 Å². The Morgan fingerprint density at radius 2 is 2.27 bits per heavy atom. The lowest BCUT2D eigenvalue weighted by Crippen LogP contribution is -1.67. The molecule has 1 N–H and O–H groups in total. The van der Waals surface area contributed by atoms with Gasteiger partial charge in [0.25, 0.3) is 5.35 Å². The van der Waals surface area contributed by atoms with Crippen LogP contribution in [0.25, 0.3) is 11.1 Å². The number of aromatic nitrogens is 1. The molecule has 1 heterocycles. The molecule has 11 heavy (non-hydrogen) atoms. The number of phenolic OH excluding ortho intramolecular Hbond substituents is 1. The summed E-state index contributed by atoms with van der Waals surface area (Å²) < 4.78 is 4.94. The van der Waals surface area contributed by atoms with Gasteiger partial charge in [0.15, 0.2) is 11.1 Å². The number of aromatic hydroxyl groups is 1. The minimum Gasteiger partial charge on any atom is -0.506 e. The number of para-hydroxylation sites is 1. The minimum atomic E-state index is 0.0431. The van der Waals surface area contributed by atoms with Crippen LogP contribution < -0.4 is 0 Å². The Labute approximate surface area is 67.2 Å². The molecule has 0 bridgehead atoms. The van der Waals surface area contributed by atoms with E-state index in [0.29, 0.717) is 11.1 Å². The normalized spacial score (nSPS) is 10.6. The van der Waals surface area contributed by atoms with Gasteiger partial charge in [-0.15, -0.1) is 0 Å². The maximum absolute atomic E-state index is 9.20. The van der Waals surface area contributed by atoms with Crippen molar-refractivity contribution in [2.24, 2.45) is 0 Å². The highest BCUT2D eigenvalue weighted by atomic mass is 35.5. The molecule has 0 unspecified atom stereocenters. The second kappa shape index (κ2) is 2.13. The zero-order chi connectivity index (χ0) is 7.84. The highest BCUT2D eigenvalue weighted by Gasteiger charge is 2.05. The molecule has 0 saturated heterocycles. The Bertz CT molecular complexity index is 396. The second-order valence-corrected chi connectivity index (χ2v) is 2.41. The van der Waals surface area contributed by atoms with Crippen molar-refractivity contribution < 1.29 is 9.52 Å². The van der Waals surface area contributed by atoms with E-state index in [1.165, 1.54) is 6.07 Å². The number of hydrogen-bond donors (Lipinski definition) is 1. The van der Waals surface area contributed by atoms with Crippen LogP contribution in [0.3, 0.4) is 0 Å². The van der Waals surface area contributed by atoms with Gasteiger partial charge in [-0.25, -0.2) is 0 Å². The third-order valence-corrected chi connectivity index (χ3v) is 1.53. The lowest BCUT2D eigenvalue weighted by molar-refractivity contribution is 0.480. The highest BCUT2D eigenvalue weighted by molar-refractivity contribution is 6.28. The molecule has 3 nitrogen and oxygen atoms in total. The van der Waals surface area contributed by atoms with Crippen LogP contribution in [0.5, 0.6) is 5.75 Å². The highest BCUT2D eigenvalue weighted by Crippen LogP contribution is 2.25. The van der Waals surface area contributed by atoms with Gasteiger partial charge in [0.2, 0.25) is 0 Å². The van der Waals surface area contributed by atoms with Gasteiger partial charge >= 0.3 is 0 Å². The minimum absolute atomic E-state index is 0.0431. The van der Waals surface area contributed by atoms with Crippen molar-refractivity contribution in [3.63, 3.8) is 0 Å². The summed E-state index contributed by atoms with van der Waals surface area (Å²) in [6.45, 7) is 0. The maximum Gasteiger partial charge on any atom is 0.293 e. The molecule has 0 radical (unpaired) electrons. The lowest BCUT2D eigenvalue weighted by atomic mass is 10.3. The van der Waals surface area contributed by atoms with E-state index in [4.69, 9.17) is 16.0 Å². The van der Waals surface area contributed by atoms with Crippen LogP contribution in [0, 0.1) is 0 Å². The summed E-state index contributed by atoms with van der Waals surface area (Å²) in [5.74, 6) is 0.0816. The summed E-state index contributed by atoms with van der Waals surface area (Å²) in [5, 5.41) is 9.25. The summed E-state index contributed by atoms with van der Waals surface area (Å²) in [6.07, 6.45) is 0. The van der Waals surface area contributed by atoms with Gasteiger partial charge in [0.05, 0.1) is 0 Å². The first-order valence-electron chi connectivity index (χ1n) is 3.01. The molecule has 1 aromatic carbocycles. The number of halogens is 1. The zero-order valence-electron chi connectivity index (χ0n) is 5.41. The van der Waals surface area contributed by atoms with Gasteiger partial charge in [0, 0.05) is 0 Å². The Hall–Kier alpha value is -1.22. The first-order valence-corrected chi connectivity index (χ1v) is 3.39. The third-order valence-electron chi connectivity index (χ3n) is 1.37. The number of oxazole rings is 1. The molecule has 0 aliphatic heterocycles. The Balaban J connectivity index is 2.90. The lowest BCUT2D eigenvalue weighted by Gasteiger charge is -1.87. The molecule has 0 fully saturated rings. The summed E-state index contributed by atoms with van der Waals surface area (Å²) in [6, 6.07) is 4.88. The molecular formula is C7H4ClNO2. The molecule has 56 valence electrons. The van der Waals surface area contributed by atoms with Gasteiger partial charge in [-0.3, -0.25) is 0 Å². The summed E-state index contributed by atoms with van der Waals surface area (Å²) in [7, 11) is 0. The van der Waals surface area contributed by atoms with Crippen LogP contribution in [0.1, 0.15) is 0 Å². The first-order chi connectivity index (χ1) is 5.27. The van der Waals surface area contributed by atoms with Crippen molar-refractivity contribution in [1.29, 1.82) is 0 Å². The van der Waals surface area contributed by atoms with Crippen LogP contribution in [0.15, 0.2) is 22.6 Å². The molecular weight excluding hydrogens is 166 g/mol. The van der Waals surface area contributed by atoms with E-state index < -0.39 is 0 Å². The summed E-state index contributed by atoms with van der Waals surface area (Å²) in [4.78, 5) is 3.76. The Morgan fingerprint density at radius 3 is 3.00 bits per heavy atom. The second-order valence-electron chi connectivity index (χ2n) is 2.09. The summed E-state index contributed by atoms with van der Waals surface area (Å²) >= 11 is 5.47. The van der Waals surface area contributed by atoms with Gasteiger partial charge in [-0.2, -0.15) is 4.98 Å². The smallest absolute Gasteiger partial charge is 0.293 e. The Kier molecular flexibility index (Phi) is 1.26. The molecule has 4 heteroatoms. The number of nitrogens with zero attached hydrogens (tertiary/aromatic N) is 1. The summed E-state index contributed by atoms with van der Waals surface area (Å²) in [5.41, 5.74) is 0.896. The molecule has 0 aliphatic carbocycles. The third kappa shape index (κ3) is 0.935. The van der Waals surface area contributed by atoms with E-state index in [9.17, 15) is 5.11 Å². The quantitative estimate of drug-likeness (QED) is 0.658. The molecule has 2 aromatic rings. The number of benzene rings is 1. The largest absolute Gasteiger partial charge is 0.506 e. The standard InChI is InChI=1S/C7H4ClNO2/c8-7-9-6-4(10)2-1-3-5(6)11-7/h1-3,10H. The van der Waals surface area contributed by atoms with E-state index in [0.717, 1.165) is 0 Å². The SMILES string of the molecule is Oc1cccc2oc(Cl)nc12. The average Bonchev–Trinajstić information content (AvgIpc) is 2.31. The first kappa shape index (κ1) is 6.49. The number of fused-ring (bicyclic) bond motifs is 1. The van der Waals surface area contributed by atoms with E-state index in [2.05, 4.69) is 4.98 Å². The van der Waals surface area contributed by atoms with Crippen LogP contribution >= 0.6 is 11.6 Å². The van der Waals surface area contributed by atoms with Crippen LogP contribution in [0.4, 0.5) is 0 Å². The fourth-order valence-corrected chi connectivity index (χ4v) is 1.07. The maximum atomic E-state index is 9.20. The monoisotopic (exact) mass is 169 g/mol. The van der Waals surface area contributed by atoms with Crippen molar-refractivity contribution in [3.05, 3.63) is 23.5 Å². The molecule has 0 aliphatic rings. The fraction of sp³-hybridized carbons (Fsp3) is 0. The number of hydrogen-bond acceptors (Lipinski definition) is 3. The molecule has 0 atom stereocenters. The van der Waals surface area contributed by atoms with Crippen molar-refractivity contribution in [3.8, 4) is 5.75 Å². The topological polar surface area (TPSA) is 46.3 Å². The van der Waals surface area contributed by atoms with E-state index in [1.807, 2.05) is 0 Å². The van der Waals surface area contributed by atoms with Crippen LogP contribution in [0.2, 0.25) is 5.35 Å². The van der Waals surface area contributed by atoms with Gasteiger partial charge < -0.3 is 9.52 Å². The predicted octanol–water partition coefficient (Wildman–Crippen LogP) is 2.19. The van der Waals surface area contributed by atoms with Crippen LogP contribution in [-0.2, 0) is 0 Å². The fourth-order valence-electron chi connectivity index (χ4n) is 0.907. The van der Waals surface area contributed by atoms with Crippen molar-refractivity contribution in [1.82, 2.24) is 4.98 Å². The van der Waals surface area contributed by atoms with E-state index in [1.54, 1.807) is 12.1 Å². The van der Waals surface area contributed by atoms with Gasteiger partial charge in [0.1, 0.15) is 5.75 Å². The molecule has 0 spiro atoms. The predicted molar refractivity (Wildman–Crippen MR) is 40.7 cm³/mol. The Morgan fingerprint density at radius 1 is 1.45 bits per heavy atom. The zero-order valence-corrected chi connectivity index (χ0v) is 6.17. The average molecular weight is 170 g/mol. The molecule has 0 amide bonds. The van der Waals surface area contributed by atoms with Crippen molar-refractivity contribution >= 4 is 22.7 Å². The van der Waals surface area contributed by atoms with Crippen molar-refractivity contribution in [2.75, 3.05) is 0 Å². The molecule has 0 saturated carbocycles. The van der Waals surface area contributed by atoms with Crippen molar-refractivity contribution in [2.45, 2.75) is 0 Å². The molecule has 1 aromatic heterocycles. The van der Waals surface area contributed by atoms with Gasteiger partial charge in [-0.05, 0) is 23.7 Å². The number of phenols is 1. The molecule has 2 rings (SSSR count). The number of rotatable bonds is 0. The van der Waals surface area contributed by atoms with E-state index >= 15 is 0 Å². The van der Waals surface area contributed by atoms with E-state index in [-0.39, 0.29) is 11.1 Å².